The number of nitrogens with zero attached hydrogens (tertiary/aromatic N) is 3. The molecular formula is C19H24N4O3S. The minimum atomic E-state index is -0.972. The van der Waals surface area contributed by atoms with Crippen LogP contribution in [0.15, 0.2) is 29.3 Å². The Morgan fingerprint density at radius 3 is 2.59 bits per heavy atom. The Morgan fingerprint density at radius 2 is 1.93 bits per heavy atom. The molecule has 144 valence electrons. The van der Waals surface area contributed by atoms with Crippen LogP contribution in [0.5, 0.6) is 5.75 Å². The van der Waals surface area contributed by atoms with Crippen LogP contribution in [0, 0.1) is 5.92 Å². The number of anilines is 1. The van der Waals surface area contributed by atoms with Gasteiger partial charge in [0.15, 0.2) is 11.0 Å². The fourth-order valence-corrected chi connectivity index (χ4v) is 3.56. The van der Waals surface area contributed by atoms with Gasteiger partial charge in [-0.15, -0.1) is 0 Å². The van der Waals surface area contributed by atoms with Crippen LogP contribution in [-0.4, -0.2) is 61.3 Å². The number of hydrogen-bond acceptors (Lipinski definition) is 6. The zero-order valence-corrected chi connectivity index (χ0v) is 16.2. The van der Waals surface area contributed by atoms with Crippen molar-refractivity contribution in [2.45, 2.75) is 19.3 Å². The van der Waals surface area contributed by atoms with Crippen molar-refractivity contribution in [3.8, 4) is 5.75 Å². The van der Waals surface area contributed by atoms with Crippen LogP contribution in [0.25, 0.3) is 0 Å². The van der Waals surface area contributed by atoms with E-state index in [4.69, 9.17) is 17.0 Å². The molecule has 1 N–H and O–H groups in total. The van der Waals surface area contributed by atoms with Gasteiger partial charge in [0.05, 0.1) is 19.3 Å². The first-order valence-corrected chi connectivity index (χ1v) is 9.56. The van der Waals surface area contributed by atoms with Gasteiger partial charge in [0, 0.05) is 12.8 Å². The van der Waals surface area contributed by atoms with Gasteiger partial charge in [-0.1, -0.05) is 6.42 Å². The van der Waals surface area contributed by atoms with E-state index < -0.39 is 17.7 Å². The van der Waals surface area contributed by atoms with E-state index in [0.29, 0.717) is 18.0 Å². The lowest BCUT2D eigenvalue weighted by atomic mass is 10.1. The highest BCUT2D eigenvalue weighted by Crippen LogP contribution is 2.23. The van der Waals surface area contributed by atoms with Gasteiger partial charge in [0.1, 0.15) is 5.75 Å². The summed E-state index contributed by atoms with van der Waals surface area (Å²) >= 11 is 5.19. The second kappa shape index (κ2) is 9.05. The number of piperidine rings is 1. The summed E-state index contributed by atoms with van der Waals surface area (Å²) in [5.74, 6) is -1.12. The molecule has 0 saturated carbocycles. The van der Waals surface area contributed by atoms with Gasteiger partial charge in [0.2, 0.25) is 5.91 Å². The summed E-state index contributed by atoms with van der Waals surface area (Å²) in [6.07, 6.45) is 5.18. The molecule has 2 aliphatic rings. The van der Waals surface area contributed by atoms with E-state index in [1.54, 1.807) is 31.4 Å². The minimum Gasteiger partial charge on any atom is -0.497 e. The third-order valence-electron chi connectivity index (χ3n) is 4.78. The van der Waals surface area contributed by atoms with E-state index in [-0.39, 0.29) is 5.11 Å². The molecule has 0 unspecified atom stereocenters. The molecule has 2 heterocycles. The first-order valence-electron chi connectivity index (χ1n) is 9.15. The molecule has 0 aliphatic carbocycles. The van der Waals surface area contributed by atoms with Gasteiger partial charge in [-0.25, -0.2) is 0 Å². The third kappa shape index (κ3) is 4.70. The number of aliphatic imine (C=N–C) groups is 1. The van der Waals surface area contributed by atoms with Crippen LogP contribution in [0.1, 0.15) is 19.3 Å². The van der Waals surface area contributed by atoms with Crippen LogP contribution in [0.3, 0.4) is 0 Å². The van der Waals surface area contributed by atoms with Crippen molar-refractivity contribution in [3.63, 3.8) is 0 Å². The van der Waals surface area contributed by atoms with Crippen molar-refractivity contribution < 1.29 is 14.3 Å². The quantitative estimate of drug-likeness (QED) is 0.455. The van der Waals surface area contributed by atoms with E-state index in [1.807, 2.05) is 0 Å². The molecule has 0 bridgehead atoms. The van der Waals surface area contributed by atoms with Crippen LogP contribution in [0.4, 0.5) is 5.69 Å². The summed E-state index contributed by atoms with van der Waals surface area (Å²) in [7, 11) is 1.57. The van der Waals surface area contributed by atoms with E-state index in [9.17, 15) is 9.59 Å². The lowest BCUT2D eigenvalue weighted by Crippen LogP contribution is -2.58. The minimum absolute atomic E-state index is 0.0770. The number of nitrogens with one attached hydrogen (secondary N) is 1. The van der Waals surface area contributed by atoms with Gasteiger partial charge < -0.3 is 15.0 Å². The maximum absolute atomic E-state index is 12.8. The maximum Gasteiger partial charge on any atom is 0.251 e. The summed E-state index contributed by atoms with van der Waals surface area (Å²) in [6.45, 7) is 3.61. The van der Waals surface area contributed by atoms with Crippen molar-refractivity contribution >= 4 is 41.0 Å². The molecule has 27 heavy (non-hydrogen) atoms. The molecule has 0 aromatic heterocycles. The Kier molecular flexibility index (Phi) is 6.52. The Morgan fingerprint density at radius 1 is 1.22 bits per heavy atom. The van der Waals surface area contributed by atoms with Crippen LogP contribution >= 0.6 is 12.2 Å². The molecule has 3 rings (SSSR count). The number of carbonyl (C=O) groups is 2. The summed E-state index contributed by atoms with van der Waals surface area (Å²) in [6, 6.07) is 6.93. The average molecular weight is 388 g/mol. The molecule has 1 aromatic carbocycles. The van der Waals surface area contributed by atoms with Gasteiger partial charge in [-0.3, -0.25) is 19.5 Å². The smallest absolute Gasteiger partial charge is 0.251 e. The Balaban J connectivity index is 1.65. The van der Waals surface area contributed by atoms with Gasteiger partial charge in [-0.05, 0) is 62.4 Å². The van der Waals surface area contributed by atoms with E-state index in [1.165, 1.54) is 30.4 Å². The van der Waals surface area contributed by atoms with Crippen molar-refractivity contribution in [3.05, 3.63) is 24.3 Å². The highest BCUT2D eigenvalue weighted by atomic mass is 32.1. The molecule has 0 spiro atoms. The SMILES string of the molecule is COc1ccc(N2C(=O)[C@@H](C=NCCN3CCCCC3)C(=O)NC2=S)cc1. The molecular weight excluding hydrogens is 364 g/mol. The second-order valence-electron chi connectivity index (χ2n) is 6.60. The molecule has 2 aliphatic heterocycles. The highest BCUT2D eigenvalue weighted by molar-refractivity contribution is 7.80. The number of carbonyl (C=O) groups excluding carboxylic acids is 2. The topological polar surface area (TPSA) is 74.2 Å². The van der Waals surface area contributed by atoms with Crippen molar-refractivity contribution in [2.75, 3.05) is 38.2 Å². The summed E-state index contributed by atoms with van der Waals surface area (Å²) in [5, 5.41) is 2.67. The van der Waals surface area contributed by atoms with Gasteiger partial charge in [-0.2, -0.15) is 0 Å². The summed E-state index contributed by atoms with van der Waals surface area (Å²) in [5.41, 5.74) is 0.581. The Bertz CT molecular complexity index is 729. The van der Waals surface area contributed by atoms with Crippen LogP contribution in [-0.2, 0) is 9.59 Å². The van der Waals surface area contributed by atoms with E-state index >= 15 is 0 Å². The fraction of sp³-hybridized carbons (Fsp3) is 0.474. The zero-order chi connectivity index (χ0) is 19.2. The molecule has 1 aromatic rings. The van der Waals surface area contributed by atoms with Crippen LogP contribution < -0.4 is 15.0 Å². The van der Waals surface area contributed by atoms with Crippen molar-refractivity contribution in [1.29, 1.82) is 0 Å². The number of amides is 2. The lowest BCUT2D eigenvalue weighted by Gasteiger charge is -2.31. The maximum atomic E-state index is 12.8. The lowest BCUT2D eigenvalue weighted by molar-refractivity contribution is -0.130. The highest BCUT2D eigenvalue weighted by Gasteiger charge is 2.38. The number of benzene rings is 1. The first-order chi connectivity index (χ1) is 13.1. The van der Waals surface area contributed by atoms with Crippen molar-refractivity contribution in [1.82, 2.24) is 10.2 Å². The molecule has 2 fully saturated rings. The Labute approximate surface area is 164 Å². The molecule has 8 heteroatoms. The number of hydrogen-bond donors (Lipinski definition) is 1. The molecule has 2 amide bonds. The summed E-state index contributed by atoms with van der Waals surface area (Å²) < 4.78 is 5.13. The standard InChI is InChI=1S/C19H24N4O3S/c1-26-15-7-5-14(6-8-15)23-18(25)16(17(24)21-19(23)27)13-20-9-12-22-10-3-2-4-11-22/h5-8,13,16H,2-4,9-12H2,1H3,(H,21,24,27)/t16-/m0/s1. The normalized spacial score (nSPS) is 21.6. The number of rotatable bonds is 6. The molecule has 2 saturated heterocycles. The third-order valence-corrected chi connectivity index (χ3v) is 5.07. The number of ether oxygens (including phenoxy) is 1. The first kappa shape index (κ1) is 19.4. The van der Waals surface area contributed by atoms with Crippen molar-refractivity contribution in [2.24, 2.45) is 10.9 Å². The monoisotopic (exact) mass is 388 g/mol. The Hall–Kier alpha value is -2.32. The molecule has 0 radical (unpaired) electrons. The predicted octanol–water partition coefficient (Wildman–Crippen LogP) is 1.62. The fourth-order valence-electron chi connectivity index (χ4n) is 3.26. The zero-order valence-electron chi connectivity index (χ0n) is 15.4. The average Bonchev–Trinajstić information content (AvgIpc) is 2.68. The van der Waals surface area contributed by atoms with Crippen LogP contribution in [0.2, 0.25) is 0 Å². The number of thiocarbonyl (C=S) groups is 1. The largest absolute Gasteiger partial charge is 0.497 e. The second-order valence-corrected chi connectivity index (χ2v) is 6.99. The number of methoxy groups -OCH3 is 1. The predicted molar refractivity (Wildman–Crippen MR) is 108 cm³/mol. The van der Waals surface area contributed by atoms with Gasteiger partial charge in [0.25, 0.3) is 5.91 Å². The molecule has 1 atom stereocenters. The molecule has 7 nitrogen and oxygen atoms in total. The number of likely N-dealkylation sites (tertiary alicyclic amines) is 1. The summed E-state index contributed by atoms with van der Waals surface area (Å²) in [4.78, 5) is 33.1. The van der Waals surface area contributed by atoms with Gasteiger partial charge >= 0.3 is 0 Å². The van der Waals surface area contributed by atoms with E-state index in [0.717, 1.165) is 19.6 Å². The van der Waals surface area contributed by atoms with E-state index in [2.05, 4.69) is 15.2 Å².